The predicted molar refractivity (Wildman–Crippen MR) is 510 cm³/mol. The van der Waals surface area contributed by atoms with Gasteiger partial charge in [0.2, 0.25) is 0 Å². The summed E-state index contributed by atoms with van der Waals surface area (Å²) < 4.78 is 31.1. The largest absolute Gasteiger partial charge is 0.463 e. The first-order chi connectivity index (χ1) is 53.1. The molecule has 118 heavy (non-hydrogen) atoms. The molecule has 0 heterocycles. The summed E-state index contributed by atoms with van der Waals surface area (Å²) in [6.07, 6.45) is 31.3. The Balaban J connectivity index is -0.000000320. The highest BCUT2D eigenvalue weighted by Gasteiger charge is 2.56. The van der Waals surface area contributed by atoms with E-state index >= 15 is 0 Å². The van der Waals surface area contributed by atoms with E-state index in [0.29, 0.717) is 114 Å². The monoisotopic (exact) mass is 1670 g/mol. The second-order valence-corrected chi connectivity index (χ2v) is 47.8. The van der Waals surface area contributed by atoms with Gasteiger partial charge in [0.15, 0.2) is 0 Å². The maximum absolute atomic E-state index is 11.4. The third kappa shape index (κ3) is 65.9. The molecule has 0 saturated heterocycles. The molecular weight excluding hydrogens is 1470 g/mol. The second-order valence-electron chi connectivity index (χ2n) is 47.8. The van der Waals surface area contributed by atoms with E-state index in [0.717, 1.165) is 83.0 Å². The molecule has 0 spiro atoms. The van der Waals surface area contributed by atoms with Gasteiger partial charge in [0, 0.05) is 36.5 Å². The molecular formula is C106H200O12. The van der Waals surface area contributed by atoms with Gasteiger partial charge in [-0.2, -0.15) is 0 Å². The number of esters is 6. The maximum atomic E-state index is 11.4. The molecule has 0 aliphatic heterocycles. The lowest BCUT2D eigenvalue weighted by molar-refractivity contribution is -0.143. The molecule has 0 fully saturated rings. The molecule has 696 valence electrons. The van der Waals surface area contributed by atoms with Crippen molar-refractivity contribution in [3.8, 4) is 0 Å². The highest BCUT2D eigenvalue weighted by molar-refractivity contribution is 5.82. The molecule has 7 atom stereocenters. The lowest BCUT2D eigenvalue weighted by Gasteiger charge is -2.61. The summed E-state index contributed by atoms with van der Waals surface area (Å²) >= 11 is 0. The maximum Gasteiger partial charge on any atom is 0.330 e. The van der Waals surface area contributed by atoms with E-state index < -0.39 is 0 Å². The SMILES string of the molecule is C=CC(=O)OCC(C)CC(C)CC(C)(C)C.C=CC(=O)OCC(CCC(C)CC(C)(C)C)C(C)CC(C)(C)C.C=CC(=O)OCC(CCC)CCC(C)CC(C)(C)C.C=CC(=O)OCC(CCCC(C)(C)C)CCCC(C)(C)C.C=CC(=O)OCCCC(C(C)(C)C)(C(C)(C)C)C(C)(C)C.C=CC(=O)OCCCC(C)(C(C)(C)C)C(C)(C)C. The summed E-state index contributed by atoms with van der Waals surface area (Å²) in [5.74, 6) is 2.59. The fourth-order valence-electron chi connectivity index (χ4n) is 18.4. The van der Waals surface area contributed by atoms with Crippen LogP contribution in [0.25, 0.3) is 0 Å². The number of ether oxygens (including phenoxy) is 6. The minimum atomic E-state index is -0.331. The molecule has 0 N–H and O–H groups in total. The Labute approximate surface area is 734 Å². The van der Waals surface area contributed by atoms with E-state index in [4.69, 9.17) is 28.4 Å². The van der Waals surface area contributed by atoms with Gasteiger partial charge in [0.1, 0.15) is 0 Å². The van der Waals surface area contributed by atoms with Crippen LogP contribution in [0.4, 0.5) is 0 Å². The molecule has 0 saturated carbocycles. The van der Waals surface area contributed by atoms with Gasteiger partial charge in [-0.1, -0.05) is 349 Å². The molecule has 7 unspecified atom stereocenters. The summed E-state index contributed by atoms with van der Waals surface area (Å²) in [7, 11) is 0. The van der Waals surface area contributed by atoms with Crippen molar-refractivity contribution in [2.45, 2.75) is 412 Å². The molecule has 0 aromatic carbocycles. The van der Waals surface area contributed by atoms with Gasteiger partial charge in [0.25, 0.3) is 0 Å². The molecule has 0 aliphatic carbocycles. The van der Waals surface area contributed by atoms with Crippen molar-refractivity contribution in [3.63, 3.8) is 0 Å². The quantitative estimate of drug-likeness (QED) is 0.0247. The van der Waals surface area contributed by atoms with Gasteiger partial charge < -0.3 is 28.4 Å². The van der Waals surface area contributed by atoms with Crippen LogP contribution in [0.3, 0.4) is 0 Å². The number of carbonyl (C=O) groups is 6. The van der Waals surface area contributed by atoms with Crippen LogP contribution in [0.5, 0.6) is 0 Å². The first kappa shape index (κ1) is 124. The Morgan fingerprint density at radius 3 is 0.864 bits per heavy atom. The van der Waals surface area contributed by atoms with Crippen LogP contribution in [0, 0.1) is 118 Å². The molecule has 12 heteroatoms. The van der Waals surface area contributed by atoms with Crippen LogP contribution < -0.4 is 0 Å². The van der Waals surface area contributed by atoms with E-state index in [1.807, 2.05) is 0 Å². The summed E-state index contributed by atoms with van der Waals surface area (Å²) in [6.45, 7) is 115. The van der Waals surface area contributed by atoms with E-state index in [1.54, 1.807) is 0 Å². The topological polar surface area (TPSA) is 158 Å². The van der Waals surface area contributed by atoms with Crippen molar-refractivity contribution in [2.24, 2.45) is 118 Å². The second kappa shape index (κ2) is 58.4. The average molecular weight is 1670 g/mol. The number of hydrogen-bond acceptors (Lipinski definition) is 12. The van der Waals surface area contributed by atoms with Crippen LogP contribution in [0.15, 0.2) is 75.9 Å². The zero-order valence-corrected chi connectivity index (χ0v) is 85.8. The fourth-order valence-corrected chi connectivity index (χ4v) is 18.4. The van der Waals surface area contributed by atoms with Crippen molar-refractivity contribution in [3.05, 3.63) is 75.9 Å². The Kier molecular flexibility index (Phi) is 61.4. The molecule has 0 radical (unpaired) electrons. The van der Waals surface area contributed by atoms with Crippen LogP contribution in [-0.2, 0) is 57.2 Å². The van der Waals surface area contributed by atoms with Gasteiger partial charge in [-0.05, 0) is 220 Å². The summed E-state index contributed by atoms with van der Waals surface area (Å²) in [4.78, 5) is 66.8. The normalized spacial score (nSPS) is 14.4. The van der Waals surface area contributed by atoms with Crippen LogP contribution in [0.1, 0.15) is 412 Å². The Bertz CT molecular complexity index is 2700. The highest BCUT2D eigenvalue weighted by Crippen LogP contribution is 2.64. The summed E-state index contributed by atoms with van der Waals surface area (Å²) in [5.41, 5.74) is 3.45. The molecule has 0 aromatic rings. The average Bonchev–Trinajstić information content (AvgIpc) is 0.728. The van der Waals surface area contributed by atoms with Gasteiger partial charge in [-0.25, -0.2) is 28.8 Å². The molecule has 12 nitrogen and oxygen atoms in total. The summed E-state index contributed by atoms with van der Waals surface area (Å²) in [6, 6.07) is 0. The van der Waals surface area contributed by atoms with Crippen LogP contribution in [0.2, 0.25) is 0 Å². The third-order valence-electron chi connectivity index (χ3n) is 23.3. The van der Waals surface area contributed by atoms with Crippen molar-refractivity contribution >= 4 is 35.8 Å². The van der Waals surface area contributed by atoms with E-state index in [-0.39, 0.29) is 73.7 Å². The van der Waals surface area contributed by atoms with Crippen molar-refractivity contribution in [2.75, 3.05) is 39.6 Å². The van der Waals surface area contributed by atoms with Crippen LogP contribution >= 0.6 is 0 Å². The minimum Gasteiger partial charge on any atom is -0.463 e. The highest BCUT2D eigenvalue weighted by atomic mass is 16.5. The zero-order valence-electron chi connectivity index (χ0n) is 85.8. The van der Waals surface area contributed by atoms with Gasteiger partial charge in [-0.15, -0.1) is 0 Å². The smallest absolute Gasteiger partial charge is 0.330 e. The summed E-state index contributed by atoms with van der Waals surface area (Å²) in [5, 5.41) is 0. The van der Waals surface area contributed by atoms with Gasteiger partial charge >= 0.3 is 35.8 Å². The molecule has 0 bridgehead atoms. The van der Waals surface area contributed by atoms with Crippen molar-refractivity contribution in [1.82, 2.24) is 0 Å². The van der Waals surface area contributed by atoms with Gasteiger partial charge in [-0.3, -0.25) is 0 Å². The fraction of sp³-hybridized carbons (Fsp3) is 0.830. The standard InChI is InChI=1S/C21H40O2.2C19H36O2.C17H32O2.C16H30O2.C14H26O2/c1-10-19(22)23-15-18(17(3)14-21(7,8)9)12-11-16(2)13-20(4,5)6;1-11-15(20)21-14-12-13-19(16(2,3)4,17(5,6)7)18(8,9)10;1-8-17(20)21-15-16(11-9-13-18(2,3)4)12-10-14-19(5,6)7;1-7-9-15(13-19-16(18)8-2)11-10-14(3)12-17(4,5)6;1-9-13(17)18-12-10-11-16(8,14(2,3)4)15(5,6)7;1-7-13(15)16-10-12(3)8-11(2)9-14(4,5)6/h10,16-18H,1,11-15H2,2-9H3;11H,1,12-14H2,2-10H3;8,16H,1,9-15H2,2-7H3;8,14-15H,2,7,9-13H2,1,3-6H3;9H,1,10-12H2,2-8H3;7,11-12H,1,8-10H2,2-6H3. The zero-order chi connectivity index (χ0) is 94.2. The van der Waals surface area contributed by atoms with Crippen molar-refractivity contribution < 1.29 is 57.2 Å². The number of rotatable bonds is 43. The predicted octanol–water partition coefficient (Wildman–Crippen LogP) is 31.0. The van der Waals surface area contributed by atoms with E-state index in [9.17, 15) is 28.8 Å². The van der Waals surface area contributed by atoms with Crippen molar-refractivity contribution in [1.29, 1.82) is 0 Å². The molecule has 0 aliphatic rings. The number of hydrogen-bond donors (Lipinski definition) is 0. The Hall–Kier alpha value is -4.74. The lowest BCUT2D eigenvalue weighted by Crippen LogP contribution is -2.54. The molecule has 0 amide bonds. The van der Waals surface area contributed by atoms with Crippen LogP contribution in [-0.4, -0.2) is 75.5 Å². The third-order valence-corrected chi connectivity index (χ3v) is 23.3. The van der Waals surface area contributed by atoms with E-state index in [1.165, 1.54) is 94.2 Å². The molecule has 0 aromatic heterocycles. The minimum absolute atomic E-state index is 0.133. The number of carbonyl (C=O) groups excluding carboxylic acids is 6. The van der Waals surface area contributed by atoms with Gasteiger partial charge in [0.05, 0.1) is 39.6 Å². The first-order valence-electron chi connectivity index (χ1n) is 45.8. The Morgan fingerprint density at radius 1 is 0.280 bits per heavy atom. The van der Waals surface area contributed by atoms with E-state index in [2.05, 4.69) is 316 Å². The first-order valence-corrected chi connectivity index (χ1v) is 45.8. The Morgan fingerprint density at radius 2 is 0.568 bits per heavy atom. The molecule has 0 rings (SSSR count). The lowest BCUT2D eigenvalue weighted by atomic mass is 9.43.